The van der Waals surface area contributed by atoms with E-state index in [1.807, 2.05) is 38.2 Å². The number of hydrogen-bond acceptors (Lipinski definition) is 3. The van der Waals surface area contributed by atoms with Crippen molar-refractivity contribution in [3.63, 3.8) is 0 Å². The summed E-state index contributed by atoms with van der Waals surface area (Å²) in [6, 6.07) is 14.0. The van der Waals surface area contributed by atoms with Gasteiger partial charge in [0.15, 0.2) is 0 Å². The standard InChI is InChI=1S/C22H24N4O2/c1-14-7-8-18-16(11-14)17-12-21(28)26(13-20(27)24-10-9-23-2)19-6-4-3-5-15(19)22(17)25-18/h3-8,11,23,25H,9-10,12-13H2,1-2H3,(H,24,27). The van der Waals surface area contributed by atoms with Gasteiger partial charge in [-0.25, -0.2) is 0 Å². The molecule has 2 aromatic carbocycles. The molecule has 0 saturated heterocycles. The van der Waals surface area contributed by atoms with E-state index in [0.717, 1.165) is 39.0 Å². The summed E-state index contributed by atoms with van der Waals surface area (Å²) in [5.41, 5.74) is 5.84. The number of rotatable bonds is 5. The molecule has 3 aromatic rings. The first kappa shape index (κ1) is 18.3. The third-order valence-electron chi connectivity index (χ3n) is 5.15. The van der Waals surface area contributed by atoms with Crippen LogP contribution in [0.1, 0.15) is 11.1 Å². The Morgan fingerprint density at radius 1 is 1.18 bits per heavy atom. The summed E-state index contributed by atoms with van der Waals surface area (Å²) in [4.78, 5) is 30.6. The SMILES string of the molecule is CNCCNC(=O)CN1C(=O)Cc2c([nH]c3ccc(C)cc23)-c2ccccc21. The van der Waals surface area contributed by atoms with E-state index in [9.17, 15) is 9.59 Å². The van der Waals surface area contributed by atoms with Crippen LogP contribution < -0.4 is 15.5 Å². The fourth-order valence-corrected chi connectivity index (χ4v) is 3.78. The highest BCUT2D eigenvalue weighted by Gasteiger charge is 2.29. The average Bonchev–Trinajstić information content (AvgIpc) is 2.98. The maximum absolute atomic E-state index is 13.2. The first-order valence-corrected chi connectivity index (χ1v) is 9.50. The molecule has 3 N–H and O–H groups in total. The zero-order valence-electron chi connectivity index (χ0n) is 16.1. The van der Waals surface area contributed by atoms with E-state index in [-0.39, 0.29) is 24.8 Å². The molecule has 1 aliphatic heterocycles. The second kappa shape index (κ2) is 7.48. The highest BCUT2D eigenvalue weighted by atomic mass is 16.2. The van der Waals surface area contributed by atoms with Crippen LogP contribution >= 0.6 is 0 Å². The Kier molecular flexibility index (Phi) is 4.88. The summed E-state index contributed by atoms with van der Waals surface area (Å²) < 4.78 is 0. The Hall–Kier alpha value is -3.12. The van der Waals surface area contributed by atoms with Gasteiger partial charge in [0.05, 0.1) is 17.8 Å². The van der Waals surface area contributed by atoms with Gasteiger partial charge in [0.2, 0.25) is 11.8 Å². The fourth-order valence-electron chi connectivity index (χ4n) is 3.78. The van der Waals surface area contributed by atoms with E-state index in [1.165, 1.54) is 0 Å². The molecule has 28 heavy (non-hydrogen) atoms. The summed E-state index contributed by atoms with van der Waals surface area (Å²) in [5.74, 6) is -0.234. The van der Waals surface area contributed by atoms with Crippen LogP contribution in [0.15, 0.2) is 42.5 Å². The van der Waals surface area contributed by atoms with E-state index in [2.05, 4.69) is 33.8 Å². The van der Waals surface area contributed by atoms with Crippen molar-refractivity contribution in [2.24, 2.45) is 0 Å². The first-order chi connectivity index (χ1) is 13.6. The smallest absolute Gasteiger partial charge is 0.240 e. The van der Waals surface area contributed by atoms with Crippen LogP contribution in [0, 0.1) is 6.92 Å². The lowest BCUT2D eigenvalue weighted by Gasteiger charge is -2.22. The zero-order valence-corrected chi connectivity index (χ0v) is 16.1. The molecule has 6 nitrogen and oxygen atoms in total. The number of aromatic nitrogens is 1. The molecule has 4 rings (SSSR count). The Morgan fingerprint density at radius 3 is 2.82 bits per heavy atom. The minimum absolute atomic E-state index is 0.0147. The lowest BCUT2D eigenvalue weighted by molar-refractivity contribution is -0.123. The van der Waals surface area contributed by atoms with Gasteiger partial charge in [0.1, 0.15) is 6.54 Å². The number of aryl methyl sites for hydroxylation is 1. The van der Waals surface area contributed by atoms with Gasteiger partial charge in [-0.2, -0.15) is 0 Å². The largest absolute Gasteiger partial charge is 0.354 e. The number of carbonyl (C=O) groups is 2. The van der Waals surface area contributed by atoms with Crippen LogP contribution in [0.4, 0.5) is 5.69 Å². The monoisotopic (exact) mass is 376 g/mol. The van der Waals surface area contributed by atoms with Crippen molar-refractivity contribution in [3.8, 4) is 11.3 Å². The molecule has 0 aliphatic carbocycles. The highest BCUT2D eigenvalue weighted by molar-refractivity contribution is 6.08. The number of hydrogen-bond donors (Lipinski definition) is 3. The number of para-hydroxylation sites is 1. The van der Waals surface area contributed by atoms with Crippen LogP contribution in [0.25, 0.3) is 22.2 Å². The number of likely N-dealkylation sites (N-methyl/N-ethyl adjacent to an activating group) is 1. The molecule has 2 amide bonds. The molecule has 1 aromatic heterocycles. The predicted octanol–water partition coefficient (Wildman–Crippen LogP) is 2.37. The zero-order chi connectivity index (χ0) is 19.7. The number of aromatic amines is 1. The van der Waals surface area contributed by atoms with Gasteiger partial charge in [-0.1, -0.05) is 29.8 Å². The number of nitrogens with one attached hydrogen (secondary N) is 3. The third kappa shape index (κ3) is 3.27. The molecule has 0 bridgehead atoms. The summed E-state index contributed by atoms with van der Waals surface area (Å²) in [7, 11) is 1.83. The number of benzene rings is 2. The van der Waals surface area contributed by atoms with Crippen molar-refractivity contribution in [2.45, 2.75) is 13.3 Å². The van der Waals surface area contributed by atoms with Crippen LogP contribution in [0.5, 0.6) is 0 Å². The molecule has 0 fully saturated rings. The third-order valence-corrected chi connectivity index (χ3v) is 5.15. The maximum Gasteiger partial charge on any atom is 0.240 e. The molecule has 6 heteroatoms. The molecule has 0 saturated carbocycles. The van der Waals surface area contributed by atoms with E-state index in [4.69, 9.17) is 0 Å². The Morgan fingerprint density at radius 2 is 2.00 bits per heavy atom. The fraction of sp³-hybridized carbons (Fsp3) is 0.273. The van der Waals surface area contributed by atoms with Crippen molar-refractivity contribution in [1.82, 2.24) is 15.6 Å². The van der Waals surface area contributed by atoms with E-state index in [0.29, 0.717) is 13.1 Å². The first-order valence-electron chi connectivity index (χ1n) is 9.50. The van der Waals surface area contributed by atoms with Gasteiger partial charge in [-0.15, -0.1) is 0 Å². The Balaban J connectivity index is 1.75. The summed E-state index contributed by atoms with van der Waals surface area (Å²) in [5, 5.41) is 6.91. The molecule has 2 heterocycles. The number of H-pyrrole nitrogens is 1. The van der Waals surface area contributed by atoms with Crippen molar-refractivity contribution in [1.29, 1.82) is 0 Å². The molecular formula is C22H24N4O2. The van der Waals surface area contributed by atoms with Crippen molar-refractivity contribution >= 4 is 28.4 Å². The number of fused-ring (bicyclic) bond motifs is 5. The summed E-state index contributed by atoms with van der Waals surface area (Å²) in [6.07, 6.45) is 0.261. The molecule has 0 radical (unpaired) electrons. The number of carbonyl (C=O) groups excluding carboxylic acids is 2. The van der Waals surface area contributed by atoms with Gasteiger partial charge >= 0.3 is 0 Å². The second-order valence-corrected chi connectivity index (χ2v) is 7.15. The van der Waals surface area contributed by atoms with Crippen molar-refractivity contribution in [3.05, 3.63) is 53.6 Å². The van der Waals surface area contributed by atoms with Gasteiger partial charge in [0, 0.05) is 29.6 Å². The van der Waals surface area contributed by atoms with E-state index >= 15 is 0 Å². The molecule has 0 unspecified atom stereocenters. The van der Waals surface area contributed by atoms with Crippen molar-refractivity contribution < 1.29 is 9.59 Å². The molecule has 0 spiro atoms. The normalized spacial score (nSPS) is 13.2. The number of amides is 2. The second-order valence-electron chi connectivity index (χ2n) is 7.15. The molecule has 1 aliphatic rings. The van der Waals surface area contributed by atoms with Crippen LogP contribution in [-0.4, -0.2) is 43.5 Å². The Bertz CT molecular complexity index is 1050. The van der Waals surface area contributed by atoms with Gasteiger partial charge in [-0.3, -0.25) is 9.59 Å². The van der Waals surface area contributed by atoms with E-state index in [1.54, 1.807) is 4.90 Å². The quantitative estimate of drug-likeness (QED) is 0.599. The summed E-state index contributed by atoms with van der Waals surface area (Å²) in [6.45, 7) is 3.28. The van der Waals surface area contributed by atoms with Gasteiger partial charge < -0.3 is 20.5 Å². The number of nitrogens with zero attached hydrogens (tertiary/aromatic N) is 1. The van der Waals surface area contributed by atoms with Crippen LogP contribution in [0.3, 0.4) is 0 Å². The number of anilines is 1. The Labute approximate surface area is 163 Å². The molecular weight excluding hydrogens is 352 g/mol. The van der Waals surface area contributed by atoms with Gasteiger partial charge in [0.25, 0.3) is 0 Å². The van der Waals surface area contributed by atoms with Crippen LogP contribution in [-0.2, 0) is 16.0 Å². The van der Waals surface area contributed by atoms with Gasteiger partial charge in [-0.05, 0) is 37.7 Å². The highest BCUT2D eigenvalue weighted by Crippen LogP contribution is 2.39. The minimum Gasteiger partial charge on any atom is -0.354 e. The topological polar surface area (TPSA) is 77.2 Å². The molecule has 144 valence electrons. The summed E-state index contributed by atoms with van der Waals surface area (Å²) >= 11 is 0. The lowest BCUT2D eigenvalue weighted by atomic mass is 10.0. The van der Waals surface area contributed by atoms with Crippen molar-refractivity contribution in [2.75, 3.05) is 31.6 Å². The minimum atomic E-state index is -0.162. The maximum atomic E-state index is 13.2. The predicted molar refractivity (Wildman–Crippen MR) is 111 cm³/mol. The van der Waals surface area contributed by atoms with E-state index < -0.39 is 0 Å². The molecule has 0 atom stereocenters. The lowest BCUT2D eigenvalue weighted by Crippen LogP contribution is -2.42. The van der Waals surface area contributed by atoms with Crippen LogP contribution in [0.2, 0.25) is 0 Å². The average molecular weight is 376 g/mol.